The number of carbonyl (C=O) groups excluding carboxylic acids is 1. The molecule has 1 aromatic carbocycles. The molecule has 0 aromatic heterocycles. The average molecular weight is 313 g/mol. The van der Waals surface area contributed by atoms with Gasteiger partial charge in [0.2, 0.25) is 5.91 Å². The molecule has 1 N–H and O–H groups in total. The Hall–Kier alpha value is -2.31. The second-order valence-electron chi connectivity index (χ2n) is 4.55. The second kappa shape index (κ2) is 5.99. The van der Waals surface area contributed by atoms with Gasteiger partial charge in [-0.05, 0) is 23.6 Å². The molecule has 1 aliphatic rings. The number of anilines is 1. The van der Waals surface area contributed by atoms with Crippen LogP contribution in [-0.4, -0.2) is 30.1 Å². The quantitative estimate of drug-likeness (QED) is 0.524. The molecule has 1 aliphatic heterocycles. The van der Waals surface area contributed by atoms with Crippen LogP contribution < -0.4 is 4.90 Å². The van der Waals surface area contributed by atoms with Gasteiger partial charge in [-0.2, -0.15) is 0 Å². The van der Waals surface area contributed by atoms with Gasteiger partial charge in [-0.25, -0.2) is 9.18 Å². The highest BCUT2D eigenvalue weighted by Gasteiger charge is 2.35. The first-order valence-corrected chi connectivity index (χ1v) is 6.36. The van der Waals surface area contributed by atoms with Gasteiger partial charge in [0, 0.05) is 24.4 Å². The SMILES string of the molecule is [N-]=[N+]=NCC1CC(=O)N(c2c(F)ccc(Cl)c2C(=O)O)C1. The Morgan fingerprint density at radius 1 is 1.62 bits per heavy atom. The zero-order chi connectivity index (χ0) is 15.6. The largest absolute Gasteiger partial charge is 0.478 e. The summed E-state index contributed by atoms with van der Waals surface area (Å²) in [5.74, 6) is -2.97. The van der Waals surface area contributed by atoms with Gasteiger partial charge in [-0.1, -0.05) is 16.7 Å². The molecule has 110 valence electrons. The van der Waals surface area contributed by atoms with E-state index in [9.17, 15) is 14.0 Å². The van der Waals surface area contributed by atoms with E-state index in [0.717, 1.165) is 17.0 Å². The first-order valence-electron chi connectivity index (χ1n) is 5.98. The number of halogens is 2. The van der Waals surface area contributed by atoms with Crippen LogP contribution in [0.2, 0.25) is 5.02 Å². The molecule has 0 saturated carbocycles. The van der Waals surface area contributed by atoms with Crippen molar-refractivity contribution in [1.82, 2.24) is 0 Å². The molecule has 0 bridgehead atoms. The summed E-state index contributed by atoms with van der Waals surface area (Å²) in [6.45, 7) is 0.165. The lowest BCUT2D eigenvalue weighted by Crippen LogP contribution is -2.28. The third kappa shape index (κ3) is 2.91. The lowest BCUT2D eigenvalue weighted by Gasteiger charge is -2.20. The van der Waals surface area contributed by atoms with Crippen LogP contribution in [0.3, 0.4) is 0 Å². The van der Waals surface area contributed by atoms with Crippen LogP contribution in [0.15, 0.2) is 17.2 Å². The number of aromatic carboxylic acids is 1. The molecular weight excluding hydrogens is 303 g/mol. The van der Waals surface area contributed by atoms with Crippen LogP contribution in [0.5, 0.6) is 0 Å². The van der Waals surface area contributed by atoms with Gasteiger partial charge in [-0.3, -0.25) is 4.79 Å². The molecule has 0 radical (unpaired) electrons. The van der Waals surface area contributed by atoms with Gasteiger partial charge in [0.1, 0.15) is 11.4 Å². The van der Waals surface area contributed by atoms with E-state index in [1.165, 1.54) is 0 Å². The number of benzene rings is 1. The Labute approximate surface area is 123 Å². The van der Waals surface area contributed by atoms with Crippen LogP contribution >= 0.6 is 11.6 Å². The second-order valence-corrected chi connectivity index (χ2v) is 4.95. The first-order chi connectivity index (χ1) is 9.95. The Morgan fingerprint density at radius 2 is 2.33 bits per heavy atom. The monoisotopic (exact) mass is 312 g/mol. The zero-order valence-corrected chi connectivity index (χ0v) is 11.4. The molecule has 21 heavy (non-hydrogen) atoms. The third-order valence-corrected chi connectivity index (χ3v) is 3.48. The van der Waals surface area contributed by atoms with E-state index in [1.54, 1.807) is 0 Å². The molecule has 2 rings (SSSR count). The summed E-state index contributed by atoms with van der Waals surface area (Å²) in [6.07, 6.45) is 0.0596. The van der Waals surface area contributed by atoms with E-state index in [2.05, 4.69) is 10.0 Å². The predicted octanol–water partition coefficient (Wildman–Crippen LogP) is 2.84. The highest BCUT2D eigenvalue weighted by Crippen LogP contribution is 2.34. The molecule has 1 saturated heterocycles. The predicted molar refractivity (Wildman–Crippen MR) is 72.8 cm³/mol. The Bertz CT molecular complexity index is 660. The molecule has 1 atom stereocenters. The Morgan fingerprint density at radius 3 is 2.95 bits per heavy atom. The molecule has 0 spiro atoms. The van der Waals surface area contributed by atoms with Crippen molar-refractivity contribution in [3.63, 3.8) is 0 Å². The molecule has 1 fully saturated rings. The van der Waals surface area contributed by atoms with Gasteiger partial charge >= 0.3 is 5.97 Å². The molecule has 1 heterocycles. The number of carbonyl (C=O) groups is 2. The maximum absolute atomic E-state index is 14.0. The molecule has 1 amide bonds. The van der Waals surface area contributed by atoms with Crippen LogP contribution in [0.1, 0.15) is 16.8 Å². The van der Waals surface area contributed by atoms with Gasteiger partial charge in [-0.15, -0.1) is 0 Å². The van der Waals surface area contributed by atoms with E-state index in [4.69, 9.17) is 22.2 Å². The smallest absolute Gasteiger partial charge is 0.339 e. The van der Waals surface area contributed by atoms with Crippen molar-refractivity contribution < 1.29 is 19.1 Å². The highest BCUT2D eigenvalue weighted by molar-refractivity contribution is 6.34. The fourth-order valence-corrected chi connectivity index (χ4v) is 2.51. The normalized spacial score (nSPS) is 17.7. The van der Waals surface area contributed by atoms with Crippen LogP contribution in [0.4, 0.5) is 10.1 Å². The van der Waals surface area contributed by atoms with Crippen molar-refractivity contribution in [2.45, 2.75) is 6.42 Å². The summed E-state index contributed by atoms with van der Waals surface area (Å²) in [5.41, 5.74) is 7.48. The van der Waals surface area contributed by atoms with Crippen molar-refractivity contribution in [2.24, 2.45) is 11.0 Å². The maximum atomic E-state index is 14.0. The molecule has 1 unspecified atom stereocenters. The van der Waals surface area contributed by atoms with Gasteiger partial charge in [0.05, 0.1) is 10.7 Å². The number of azide groups is 1. The minimum atomic E-state index is -1.42. The van der Waals surface area contributed by atoms with Gasteiger partial charge < -0.3 is 10.0 Å². The van der Waals surface area contributed by atoms with Gasteiger partial charge in [0.25, 0.3) is 0 Å². The number of hydrogen-bond acceptors (Lipinski definition) is 3. The number of rotatable bonds is 4. The number of carboxylic acid groups (broad SMARTS) is 1. The maximum Gasteiger partial charge on any atom is 0.339 e. The summed E-state index contributed by atoms with van der Waals surface area (Å²) >= 11 is 5.79. The van der Waals surface area contributed by atoms with Crippen LogP contribution in [-0.2, 0) is 4.79 Å². The minimum Gasteiger partial charge on any atom is -0.478 e. The number of amides is 1. The van der Waals surface area contributed by atoms with Crippen molar-refractivity contribution in [1.29, 1.82) is 0 Å². The highest BCUT2D eigenvalue weighted by atomic mass is 35.5. The van der Waals surface area contributed by atoms with E-state index in [0.29, 0.717) is 0 Å². The van der Waals surface area contributed by atoms with E-state index >= 15 is 0 Å². The zero-order valence-electron chi connectivity index (χ0n) is 10.7. The van der Waals surface area contributed by atoms with Crippen molar-refractivity contribution >= 4 is 29.2 Å². The fourth-order valence-electron chi connectivity index (χ4n) is 2.28. The lowest BCUT2D eigenvalue weighted by molar-refractivity contribution is -0.117. The molecule has 1 aromatic rings. The van der Waals surface area contributed by atoms with Crippen molar-refractivity contribution in [2.75, 3.05) is 18.0 Å². The van der Waals surface area contributed by atoms with E-state index in [1.807, 2.05) is 0 Å². The van der Waals surface area contributed by atoms with Crippen LogP contribution in [0.25, 0.3) is 10.4 Å². The third-order valence-electron chi connectivity index (χ3n) is 3.17. The molecule has 0 aliphatic carbocycles. The summed E-state index contributed by atoms with van der Waals surface area (Å²) in [7, 11) is 0. The summed E-state index contributed by atoms with van der Waals surface area (Å²) in [5, 5.41) is 12.4. The number of nitrogens with zero attached hydrogens (tertiary/aromatic N) is 4. The van der Waals surface area contributed by atoms with Crippen molar-refractivity contribution in [3.05, 3.63) is 39.0 Å². The van der Waals surface area contributed by atoms with E-state index in [-0.39, 0.29) is 36.1 Å². The topological polar surface area (TPSA) is 106 Å². The summed E-state index contributed by atoms with van der Waals surface area (Å²) in [6, 6.07) is 2.14. The summed E-state index contributed by atoms with van der Waals surface area (Å²) < 4.78 is 14.0. The average Bonchev–Trinajstić information content (AvgIpc) is 2.79. The molecule has 9 heteroatoms. The Kier molecular flexibility index (Phi) is 4.30. The minimum absolute atomic E-state index is 0.0596. The van der Waals surface area contributed by atoms with Crippen LogP contribution in [0, 0.1) is 11.7 Å². The van der Waals surface area contributed by atoms with E-state index < -0.39 is 23.3 Å². The number of carboxylic acids is 1. The molecular formula is C12H10ClFN4O3. The Balaban J connectivity index is 2.42. The van der Waals surface area contributed by atoms with Crippen molar-refractivity contribution in [3.8, 4) is 0 Å². The number of hydrogen-bond donors (Lipinski definition) is 1. The standard InChI is InChI=1S/C12H10ClFN4O3/c13-7-1-2-8(14)11(10(7)12(20)21)18-5-6(3-9(18)19)4-16-17-15/h1-2,6H,3-5H2,(H,20,21). The lowest BCUT2D eigenvalue weighted by atomic mass is 10.1. The summed E-state index contributed by atoms with van der Waals surface area (Å²) in [4.78, 5) is 26.9. The molecule has 7 nitrogen and oxygen atoms in total. The first kappa shape index (κ1) is 15.1. The fraction of sp³-hybridized carbons (Fsp3) is 0.333. The van der Waals surface area contributed by atoms with Gasteiger partial charge in [0.15, 0.2) is 0 Å².